The summed E-state index contributed by atoms with van der Waals surface area (Å²) in [6, 6.07) is 0. The van der Waals surface area contributed by atoms with E-state index < -0.39 is 10.0 Å². The average Bonchev–Trinajstić information content (AvgIpc) is 1.85. The summed E-state index contributed by atoms with van der Waals surface area (Å²) in [5, 5.41) is 0. The molecule has 0 aromatic carbocycles. The van der Waals surface area contributed by atoms with E-state index >= 15 is 0 Å². The van der Waals surface area contributed by atoms with E-state index in [1.54, 1.807) is 0 Å². The van der Waals surface area contributed by atoms with Gasteiger partial charge in [-0.1, -0.05) is 6.92 Å². The minimum atomic E-state index is -3.00. The molecule has 5 heteroatoms. The Morgan fingerprint density at radius 1 is 1.17 bits per heavy atom. The van der Waals surface area contributed by atoms with Crippen molar-refractivity contribution in [2.24, 2.45) is 0 Å². The smallest absolute Gasteiger partial charge is 0.211 e. The van der Waals surface area contributed by atoms with E-state index in [2.05, 4.69) is 0 Å². The molecule has 4 nitrogen and oxygen atoms in total. The number of sulfonamides is 1. The van der Waals surface area contributed by atoms with E-state index in [1.165, 1.54) is 10.6 Å². The van der Waals surface area contributed by atoms with E-state index in [0.717, 1.165) is 6.54 Å². The molecule has 0 bridgehead atoms. The van der Waals surface area contributed by atoms with Gasteiger partial charge in [0.05, 0.1) is 6.26 Å². The van der Waals surface area contributed by atoms with Gasteiger partial charge in [-0.2, -0.15) is 0 Å². The van der Waals surface area contributed by atoms with Gasteiger partial charge in [0.2, 0.25) is 10.0 Å². The topological polar surface area (TPSA) is 40.6 Å². The first kappa shape index (κ1) is 11.9. The highest BCUT2D eigenvalue weighted by Gasteiger charge is 2.13. The van der Waals surface area contributed by atoms with Crippen molar-refractivity contribution in [1.82, 2.24) is 9.21 Å². The minimum absolute atomic E-state index is 0.548. The molecule has 0 aromatic rings. The highest BCUT2D eigenvalue weighted by Crippen LogP contribution is 1.96. The predicted molar refractivity (Wildman–Crippen MR) is 50.6 cm³/mol. The van der Waals surface area contributed by atoms with Crippen LogP contribution in [0.25, 0.3) is 0 Å². The third-order valence-corrected chi connectivity index (χ3v) is 3.00. The van der Waals surface area contributed by atoms with Crippen molar-refractivity contribution in [3.8, 4) is 0 Å². The van der Waals surface area contributed by atoms with Crippen molar-refractivity contribution in [3.63, 3.8) is 0 Å². The molecule has 0 N–H and O–H groups in total. The van der Waals surface area contributed by atoms with Gasteiger partial charge in [0, 0.05) is 19.6 Å². The van der Waals surface area contributed by atoms with Crippen LogP contribution in [0.3, 0.4) is 0 Å². The molecule has 0 radical (unpaired) electrons. The largest absolute Gasteiger partial charge is 0.308 e. The van der Waals surface area contributed by atoms with Gasteiger partial charge in [0.25, 0.3) is 0 Å². The zero-order valence-electron chi connectivity index (χ0n) is 8.24. The normalized spacial score (nSPS) is 12.8. The molecule has 0 aliphatic heterocycles. The zero-order chi connectivity index (χ0) is 9.78. The van der Waals surface area contributed by atoms with Crippen LogP contribution in [-0.4, -0.2) is 57.6 Å². The van der Waals surface area contributed by atoms with Gasteiger partial charge in [-0.05, 0) is 14.1 Å². The van der Waals surface area contributed by atoms with Gasteiger partial charge in [0.15, 0.2) is 0 Å². The second-order valence-electron chi connectivity index (χ2n) is 3.06. The summed E-state index contributed by atoms with van der Waals surface area (Å²) in [6.45, 7) is 3.73. The van der Waals surface area contributed by atoms with E-state index in [0.29, 0.717) is 13.1 Å². The molecule has 0 aromatic heterocycles. The van der Waals surface area contributed by atoms with E-state index in [1.807, 2.05) is 25.9 Å². The standard InChI is InChI=1S/C7H18N2O2S/c1-5-9(12(4,10)11)7-6-8(2)3/h5-7H2,1-4H3. The zero-order valence-corrected chi connectivity index (χ0v) is 9.06. The number of rotatable bonds is 5. The molecule has 0 saturated heterocycles. The summed E-state index contributed by atoms with van der Waals surface area (Å²) >= 11 is 0. The highest BCUT2D eigenvalue weighted by atomic mass is 32.2. The first-order chi connectivity index (χ1) is 5.38. The summed E-state index contributed by atoms with van der Waals surface area (Å²) in [4.78, 5) is 1.97. The SMILES string of the molecule is CCN(CCN(C)C)S(C)(=O)=O. The van der Waals surface area contributed by atoms with Crippen LogP contribution in [0, 0.1) is 0 Å². The molecule has 0 aliphatic rings. The Morgan fingerprint density at radius 3 is 1.92 bits per heavy atom. The van der Waals surface area contributed by atoms with Crippen LogP contribution < -0.4 is 0 Å². The lowest BCUT2D eigenvalue weighted by Crippen LogP contribution is -2.35. The summed E-state index contributed by atoms with van der Waals surface area (Å²) < 4.78 is 23.6. The van der Waals surface area contributed by atoms with E-state index in [4.69, 9.17) is 0 Å². The maximum absolute atomic E-state index is 11.1. The third-order valence-electron chi connectivity index (χ3n) is 1.62. The summed E-state index contributed by atoms with van der Waals surface area (Å²) in [6.07, 6.45) is 1.24. The Hall–Kier alpha value is -0.130. The molecule has 0 amide bonds. The molecule has 0 saturated carbocycles. The fraction of sp³-hybridized carbons (Fsp3) is 1.00. The Kier molecular flexibility index (Phi) is 4.74. The average molecular weight is 194 g/mol. The lowest BCUT2D eigenvalue weighted by molar-refractivity contribution is 0.342. The van der Waals surface area contributed by atoms with Crippen molar-refractivity contribution >= 4 is 10.0 Å². The molecule has 0 rings (SSSR count). The van der Waals surface area contributed by atoms with Crippen LogP contribution in [-0.2, 0) is 10.0 Å². The van der Waals surface area contributed by atoms with Gasteiger partial charge in [-0.15, -0.1) is 0 Å². The first-order valence-corrected chi connectivity index (χ1v) is 5.82. The van der Waals surface area contributed by atoms with Gasteiger partial charge in [0.1, 0.15) is 0 Å². The van der Waals surface area contributed by atoms with Crippen molar-refractivity contribution < 1.29 is 8.42 Å². The van der Waals surface area contributed by atoms with Gasteiger partial charge < -0.3 is 4.90 Å². The van der Waals surface area contributed by atoms with Crippen LogP contribution in [0.2, 0.25) is 0 Å². The van der Waals surface area contributed by atoms with Gasteiger partial charge >= 0.3 is 0 Å². The Labute approximate surface area is 75.2 Å². The summed E-state index contributed by atoms with van der Waals surface area (Å²) in [7, 11) is 0.849. The Balaban J connectivity index is 4.03. The van der Waals surface area contributed by atoms with Crippen molar-refractivity contribution in [1.29, 1.82) is 0 Å². The fourth-order valence-electron chi connectivity index (χ4n) is 0.870. The molecule has 12 heavy (non-hydrogen) atoms. The lowest BCUT2D eigenvalue weighted by Gasteiger charge is -2.19. The second-order valence-corrected chi connectivity index (χ2v) is 5.04. The molecule has 0 unspecified atom stereocenters. The van der Waals surface area contributed by atoms with Crippen LogP contribution in [0.15, 0.2) is 0 Å². The van der Waals surface area contributed by atoms with Crippen LogP contribution in [0.4, 0.5) is 0 Å². The fourth-order valence-corrected chi connectivity index (χ4v) is 1.75. The highest BCUT2D eigenvalue weighted by molar-refractivity contribution is 7.88. The van der Waals surface area contributed by atoms with Crippen LogP contribution in [0.1, 0.15) is 6.92 Å². The Morgan fingerprint density at radius 2 is 1.67 bits per heavy atom. The summed E-state index contributed by atoms with van der Waals surface area (Å²) in [5.41, 5.74) is 0. The summed E-state index contributed by atoms with van der Waals surface area (Å²) in [5.74, 6) is 0. The van der Waals surface area contributed by atoms with Crippen molar-refractivity contribution in [2.45, 2.75) is 6.92 Å². The van der Waals surface area contributed by atoms with Crippen LogP contribution in [0.5, 0.6) is 0 Å². The third kappa shape index (κ3) is 4.69. The molecule has 74 valence electrons. The molecular formula is C7H18N2O2S. The maximum atomic E-state index is 11.1. The number of nitrogens with zero attached hydrogens (tertiary/aromatic N) is 2. The van der Waals surface area contributed by atoms with Gasteiger partial charge in [-0.3, -0.25) is 0 Å². The maximum Gasteiger partial charge on any atom is 0.211 e. The van der Waals surface area contributed by atoms with Crippen LogP contribution >= 0.6 is 0 Å². The van der Waals surface area contributed by atoms with Crippen molar-refractivity contribution in [3.05, 3.63) is 0 Å². The molecule has 0 spiro atoms. The molecule has 0 aliphatic carbocycles. The van der Waals surface area contributed by atoms with Crippen molar-refractivity contribution in [2.75, 3.05) is 40.0 Å². The second kappa shape index (κ2) is 4.79. The Bertz CT molecular complexity index is 211. The van der Waals surface area contributed by atoms with E-state index in [9.17, 15) is 8.42 Å². The monoisotopic (exact) mass is 194 g/mol. The lowest BCUT2D eigenvalue weighted by atomic mass is 10.5. The predicted octanol–water partition coefficient (Wildman–Crippen LogP) is -0.170. The molecular weight excluding hydrogens is 176 g/mol. The molecule has 0 atom stereocenters. The minimum Gasteiger partial charge on any atom is -0.308 e. The van der Waals surface area contributed by atoms with Gasteiger partial charge in [-0.25, -0.2) is 12.7 Å². The molecule has 0 heterocycles. The number of hydrogen-bond donors (Lipinski definition) is 0. The first-order valence-electron chi connectivity index (χ1n) is 3.97. The molecule has 0 fully saturated rings. The van der Waals surface area contributed by atoms with E-state index in [-0.39, 0.29) is 0 Å². The quantitative estimate of drug-likeness (QED) is 0.610. The number of hydrogen-bond acceptors (Lipinski definition) is 3. The number of likely N-dealkylation sites (N-methyl/N-ethyl adjacent to an activating group) is 2.